The van der Waals surface area contributed by atoms with Gasteiger partial charge in [-0.05, 0) is 56.2 Å². The van der Waals surface area contributed by atoms with Gasteiger partial charge in [0.15, 0.2) is 18.1 Å². The Kier molecular flexibility index (Phi) is 7.52. The second-order valence-electron chi connectivity index (χ2n) is 7.88. The van der Waals surface area contributed by atoms with E-state index in [4.69, 9.17) is 14.2 Å². The first-order valence-electron chi connectivity index (χ1n) is 10.4. The van der Waals surface area contributed by atoms with Crippen LogP contribution in [-0.4, -0.2) is 55.7 Å². The fourth-order valence-electron chi connectivity index (χ4n) is 3.58. The molecule has 2 aromatic rings. The van der Waals surface area contributed by atoms with E-state index >= 15 is 0 Å². The summed E-state index contributed by atoms with van der Waals surface area (Å²) in [5, 5.41) is 2.83. The minimum absolute atomic E-state index is 0.00182. The maximum absolute atomic E-state index is 12.7. The van der Waals surface area contributed by atoms with Crippen molar-refractivity contribution in [1.82, 2.24) is 10.2 Å². The zero-order valence-electron chi connectivity index (χ0n) is 18.5. The third-order valence-corrected chi connectivity index (χ3v) is 5.08. The molecule has 1 saturated heterocycles. The van der Waals surface area contributed by atoms with E-state index in [0.717, 1.165) is 11.1 Å². The van der Waals surface area contributed by atoms with Crippen molar-refractivity contribution in [3.05, 3.63) is 59.2 Å². The summed E-state index contributed by atoms with van der Waals surface area (Å²) in [5.41, 5.74) is 2.58. The molecule has 2 atom stereocenters. The maximum atomic E-state index is 12.7. The molecule has 7 nitrogen and oxygen atoms in total. The van der Waals surface area contributed by atoms with Crippen LogP contribution in [0.4, 0.5) is 0 Å². The smallest absolute Gasteiger partial charge is 0.258 e. The number of morpholine rings is 1. The third-order valence-electron chi connectivity index (χ3n) is 5.08. The first kappa shape index (κ1) is 22.6. The number of nitrogens with zero attached hydrogens (tertiary/aromatic N) is 1. The molecule has 31 heavy (non-hydrogen) atoms. The van der Waals surface area contributed by atoms with Gasteiger partial charge in [-0.1, -0.05) is 18.2 Å². The number of benzene rings is 2. The molecule has 0 bridgehead atoms. The van der Waals surface area contributed by atoms with Crippen molar-refractivity contribution in [2.75, 3.05) is 26.8 Å². The van der Waals surface area contributed by atoms with Crippen molar-refractivity contribution in [3.8, 4) is 11.5 Å². The van der Waals surface area contributed by atoms with Crippen LogP contribution in [0.5, 0.6) is 11.5 Å². The second-order valence-corrected chi connectivity index (χ2v) is 7.88. The first-order valence-corrected chi connectivity index (χ1v) is 10.4. The number of carbonyl (C=O) groups excluding carboxylic acids is 2. The molecule has 0 spiro atoms. The number of hydrogen-bond acceptors (Lipinski definition) is 5. The second kappa shape index (κ2) is 10.3. The van der Waals surface area contributed by atoms with E-state index in [1.54, 1.807) is 25.3 Å². The summed E-state index contributed by atoms with van der Waals surface area (Å²) in [6.45, 7) is 7.33. The highest BCUT2D eigenvalue weighted by Gasteiger charge is 2.26. The Hall–Kier alpha value is -3.06. The summed E-state index contributed by atoms with van der Waals surface area (Å²) in [7, 11) is 1.57. The van der Waals surface area contributed by atoms with Crippen molar-refractivity contribution in [2.24, 2.45) is 0 Å². The lowest BCUT2D eigenvalue weighted by Crippen LogP contribution is -2.48. The quantitative estimate of drug-likeness (QED) is 0.737. The van der Waals surface area contributed by atoms with Gasteiger partial charge in [0, 0.05) is 25.2 Å². The Balaban J connectivity index is 1.49. The molecule has 1 N–H and O–H groups in total. The van der Waals surface area contributed by atoms with Crippen LogP contribution < -0.4 is 14.8 Å². The molecule has 1 fully saturated rings. The maximum Gasteiger partial charge on any atom is 0.258 e. The van der Waals surface area contributed by atoms with E-state index in [1.165, 1.54) is 0 Å². The van der Waals surface area contributed by atoms with Crippen molar-refractivity contribution >= 4 is 11.8 Å². The predicted octanol–water partition coefficient (Wildman–Crippen LogP) is 2.95. The summed E-state index contributed by atoms with van der Waals surface area (Å²) in [6, 6.07) is 12.8. The number of hydrogen-bond donors (Lipinski definition) is 1. The van der Waals surface area contributed by atoms with Crippen LogP contribution >= 0.6 is 0 Å². The molecule has 1 aliphatic rings. The molecule has 0 saturated carbocycles. The normalized spacial score (nSPS) is 18.4. The van der Waals surface area contributed by atoms with Gasteiger partial charge in [0.05, 0.1) is 19.3 Å². The number of ether oxygens (including phenoxy) is 3. The molecule has 0 aromatic heterocycles. The Morgan fingerprint density at radius 1 is 1.06 bits per heavy atom. The minimum Gasteiger partial charge on any atom is -0.493 e. The van der Waals surface area contributed by atoms with Crippen molar-refractivity contribution < 1.29 is 23.8 Å². The van der Waals surface area contributed by atoms with E-state index in [2.05, 4.69) is 5.32 Å². The van der Waals surface area contributed by atoms with Gasteiger partial charge in [-0.2, -0.15) is 0 Å². The molecule has 3 rings (SSSR count). The fourth-order valence-corrected chi connectivity index (χ4v) is 3.58. The van der Waals surface area contributed by atoms with Gasteiger partial charge in [0.1, 0.15) is 0 Å². The SMILES string of the molecule is COc1cc(C)ccc1OCC(=O)NCc1ccc(C(=O)N2CC(C)OC(C)C2)cc1. The average molecular weight is 427 g/mol. The van der Waals surface area contributed by atoms with Crippen LogP contribution in [0.25, 0.3) is 0 Å². The molecule has 1 heterocycles. The number of rotatable bonds is 7. The zero-order valence-corrected chi connectivity index (χ0v) is 18.5. The van der Waals surface area contributed by atoms with Crippen LogP contribution in [0.1, 0.15) is 35.3 Å². The van der Waals surface area contributed by atoms with E-state index < -0.39 is 0 Å². The standard InChI is InChI=1S/C24H30N2O5/c1-16-5-10-21(22(11-16)29-4)30-15-23(27)25-12-19-6-8-20(9-7-19)24(28)26-13-17(2)31-18(3)14-26/h5-11,17-18H,12-15H2,1-4H3,(H,25,27). The Labute approximate surface area is 183 Å². The summed E-state index contributed by atoms with van der Waals surface area (Å²) in [5.74, 6) is 0.882. The van der Waals surface area contributed by atoms with E-state index in [9.17, 15) is 9.59 Å². The van der Waals surface area contributed by atoms with Gasteiger partial charge < -0.3 is 24.4 Å². The van der Waals surface area contributed by atoms with Gasteiger partial charge >= 0.3 is 0 Å². The number of amides is 2. The number of carbonyl (C=O) groups is 2. The number of nitrogens with one attached hydrogen (secondary N) is 1. The first-order chi connectivity index (χ1) is 14.9. The largest absolute Gasteiger partial charge is 0.493 e. The Morgan fingerprint density at radius 2 is 1.74 bits per heavy atom. The number of methoxy groups -OCH3 is 1. The lowest BCUT2D eigenvalue weighted by molar-refractivity contribution is -0.123. The summed E-state index contributed by atoms with van der Waals surface area (Å²) in [4.78, 5) is 26.7. The molecule has 7 heteroatoms. The molecular weight excluding hydrogens is 396 g/mol. The highest BCUT2D eigenvalue weighted by atomic mass is 16.5. The van der Waals surface area contributed by atoms with Crippen LogP contribution in [0.2, 0.25) is 0 Å². The van der Waals surface area contributed by atoms with Crippen LogP contribution in [0.3, 0.4) is 0 Å². The monoisotopic (exact) mass is 426 g/mol. The van der Waals surface area contributed by atoms with Gasteiger partial charge in [-0.15, -0.1) is 0 Å². The lowest BCUT2D eigenvalue weighted by Gasteiger charge is -2.35. The van der Waals surface area contributed by atoms with Gasteiger partial charge in [0.2, 0.25) is 0 Å². The van der Waals surface area contributed by atoms with Crippen LogP contribution in [0.15, 0.2) is 42.5 Å². The van der Waals surface area contributed by atoms with Crippen molar-refractivity contribution in [2.45, 2.75) is 39.5 Å². The van der Waals surface area contributed by atoms with E-state index in [0.29, 0.717) is 36.7 Å². The third kappa shape index (κ3) is 6.21. The molecule has 2 unspecified atom stereocenters. The van der Waals surface area contributed by atoms with Crippen LogP contribution in [0, 0.1) is 6.92 Å². The van der Waals surface area contributed by atoms with Gasteiger partial charge in [0.25, 0.3) is 11.8 Å². The van der Waals surface area contributed by atoms with Crippen molar-refractivity contribution in [1.29, 1.82) is 0 Å². The molecule has 1 aliphatic heterocycles. The molecule has 0 aliphatic carbocycles. The lowest BCUT2D eigenvalue weighted by atomic mass is 10.1. The Bertz CT molecular complexity index is 903. The fraction of sp³-hybridized carbons (Fsp3) is 0.417. The van der Waals surface area contributed by atoms with Gasteiger partial charge in [-0.25, -0.2) is 0 Å². The minimum atomic E-state index is -0.237. The average Bonchev–Trinajstić information content (AvgIpc) is 2.76. The summed E-state index contributed by atoms with van der Waals surface area (Å²) >= 11 is 0. The highest BCUT2D eigenvalue weighted by Crippen LogP contribution is 2.27. The summed E-state index contributed by atoms with van der Waals surface area (Å²) < 4.78 is 16.5. The molecule has 2 amide bonds. The van der Waals surface area contributed by atoms with Crippen LogP contribution in [-0.2, 0) is 16.1 Å². The Morgan fingerprint density at radius 3 is 2.39 bits per heavy atom. The number of aryl methyl sites for hydroxylation is 1. The predicted molar refractivity (Wildman–Crippen MR) is 117 cm³/mol. The highest BCUT2D eigenvalue weighted by molar-refractivity contribution is 5.94. The molecule has 166 valence electrons. The zero-order chi connectivity index (χ0) is 22.4. The van der Waals surface area contributed by atoms with E-state index in [-0.39, 0.29) is 30.6 Å². The van der Waals surface area contributed by atoms with Gasteiger partial charge in [-0.3, -0.25) is 9.59 Å². The topological polar surface area (TPSA) is 77.1 Å². The van der Waals surface area contributed by atoms with Crippen molar-refractivity contribution in [3.63, 3.8) is 0 Å². The molecule has 0 radical (unpaired) electrons. The molecule has 2 aromatic carbocycles. The van der Waals surface area contributed by atoms with E-state index in [1.807, 2.05) is 49.9 Å². The summed E-state index contributed by atoms with van der Waals surface area (Å²) in [6.07, 6.45) is 0.0635. The molecular formula is C24H30N2O5.